The fourth-order valence-corrected chi connectivity index (χ4v) is 6.82. The van der Waals surface area contributed by atoms with Crippen molar-refractivity contribution in [2.75, 3.05) is 32.4 Å². The summed E-state index contributed by atoms with van der Waals surface area (Å²) < 4.78 is 5.01. The highest BCUT2D eigenvalue weighted by molar-refractivity contribution is 6.04. The van der Waals surface area contributed by atoms with E-state index in [9.17, 15) is 9.59 Å². The molecule has 4 aromatic heterocycles. The molecule has 0 bridgehead atoms. The average Bonchev–Trinajstić information content (AvgIpc) is 3.67. The Morgan fingerprint density at radius 2 is 1.84 bits per heavy atom. The number of piperidine rings is 1. The molecule has 7 rings (SSSR count). The predicted molar refractivity (Wildman–Crippen MR) is 194 cm³/mol. The minimum atomic E-state index is -0.588. The number of pyridine rings is 1. The summed E-state index contributed by atoms with van der Waals surface area (Å²) >= 11 is 0. The molecule has 0 radical (unpaired) electrons. The Kier molecular flexibility index (Phi) is 9.17. The number of anilines is 1. The molecule has 2 aromatic carbocycles. The zero-order chi connectivity index (χ0) is 34.8. The predicted octanol–water partition coefficient (Wildman–Crippen LogP) is 3.47. The number of amides is 1. The molecule has 50 heavy (non-hydrogen) atoms. The number of nitrogens with zero attached hydrogens (tertiary/aromatic N) is 7. The summed E-state index contributed by atoms with van der Waals surface area (Å²) in [6.45, 7) is 4.93. The van der Waals surface area contributed by atoms with Gasteiger partial charge in [-0.1, -0.05) is 42.2 Å². The monoisotopic (exact) mass is 668 g/mol. The Bertz CT molecular complexity index is 2300. The lowest BCUT2D eigenvalue weighted by molar-refractivity contribution is 0.0941. The molecule has 5 heterocycles. The van der Waals surface area contributed by atoms with E-state index in [-0.39, 0.29) is 16.9 Å². The quantitative estimate of drug-likeness (QED) is 0.210. The lowest BCUT2D eigenvalue weighted by atomic mass is 10.0. The molecule has 6 aromatic rings. The van der Waals surface area contributed by atoms with Crippen molar-refractivity contribution in [2.24, 2.45) is 7.05 Å². The summed E-state index contributed by atoms with van der Waals surface area (Å²) in [5.74, 6) is 6.28. The molecule has 254 valence electrons. The Morgan fingerprint density at radius 1 is 1.06 bits per heavy atom. The van der Waals surface area contributed by atoms with E-state index in [2.05, 4.69) is 42.6 Å². The van der Waals surface area contributed by atoms with Gasteiger partial charge in [-0.3, -0.25) is 18.8 Å². The molecule has 12 nitrogen and oxygen atoms in total. The molecule has 0 aliphatic carbocycles. The zero-order valence-electron chi connectivity index (χ0n) is 28.4. The summed E-state index contributed by atoms with van der Waals surface area (Å²) in [5, 5.41) is 16.4. The van der Waals surface area contributed by atoms with E-state index in [1.807, 2.05) is 80.3 Å². The first kappa shape index (κ1) is 32.8. The number of carbonyl (C=O) groups excluding carboxylic acids is 1. The van der Waals surface area contributed by atoms with Gasteiger partial charge < -0.3 is 21.3 Å². The fraction of sp³-hybridized carbons (Fsp3) is 0.289. The number of carbonyl (C=O) groups is 1. The number of hydrogen-bond donors (Lipinski definition) is 3. The number of para-hydroxylation sites is 1. The summed E-state index contributed by atoms with van der Waals surface area (Å²) in [4.78, 5) is 34.9. The second kappa shape index (κ2) is 14.0. The molecular formula is C38H40N10O2. The van der Waals surface area contributed by atoms with Crippen LogP contribution in [0.15, 0.2) is 84.0 Å². The third kappa shape index (κ3) is 6.36. The number of fused-ring (bicyclic) bond motifs is 2. The maximum atomic E-state index is 14.5. The van der Waals surface area contributed by atoms with Gasteiger partial charge in [0.15, 0.2) is 11.5 Å². The van der Waals surface area contributed by atoms with Crippen LogP contribution in [0.3, 0.4) is 0 Å². The normalized spacial score (nSPS) is 14.5. The smallest absolute Gasteiger partial charge is 0.264 e. The van der Waals surface area contributed by atoms with Crippen molar-refractivity contribution in [3.05, 3.63) is 118 Å². The van der Waals surface area contributed by atoms with Gasteiger partial charge in [0.25, 0.3) is 11.5 Å². The van der Waals surface area contributed by atoms with Crippen molar-refractivity contribution in [2.45, 2.75) is 38.3 Å². The van der Waals surface area contributed by atoms with Crippen molar-refractivity contribution in [1.82, 2.24) is 44.5 Å². The van der Waals surface area contributed by atoms with Gasteiger partial charge in [-0.2, -0.15) is 5.10 Å². The van der Waals surface area contributed by atoms with E-state index in [4.69, 9.17) is 5.73 Å². The molecule has 0 saturated carbocycles. The molecule has 1 atom stereocenters. The molecular weight excluding hydrogens is 628 g/mol. The summed E-state index contributed by atoms with van der Waals surface area (Å²) in [5.41, 5.74) is 10.2. The zero-order valence-corrected chi connectivity index (χ0v) is 28.4. The number of hydrogen-bond acceptors (Lipinski definition) is 8. The van der Waals surface area contributed by atoms with Gasteiger partial charge in [0.2, 0.25) is 0 Å². The standard InChI is InChI=1S/C38H40N10O2/c1-25(43-37(49)34-35(39)44-47-19-8-18-41-36(34)47)32-23-27-10-7-9-26(33(27)38(50)48(32)30-11-5-4-6-12-30)13-14-28-24-42-45(3)31(28)17-22-46-20-15-29(40-2)16-21-46/h4-12,18-19,23-25,29,40H,15-17,20-22H2,1-3H3,(H2,39,44)(H,43,49)/t25-/m0/s1. The molecule has 0 spiro atoms. The highest BCUT2D eigenvalue weighted by Crippen LogP contribution is 2.25. The van der Waals surface area contributed by atoms with Crippen LogP contribution < -0.4 is 21.9 Å². The average molecular weight is 669 g/mol. The number of nitrogens with one attached hydrogen (secondary N) is 2. The van der Waals surface area contributed by atoms with Gasteiger partial charge in [0.1, 0.15) is 5.56 Å². The number of rotatable bonds is 8. The minimum Gasteiger partial charge on any atom is -0.381 e. The van der Waals surface area contributed by atoms with Crippen LogP contribution in [0.1, 0.15) is 58.7 Å². The Morgan fingerprint density at radius 3 is 2.62 bits per heavy atom. The Hall–Kier alpha value is -5.77. The molecule has 1 aliphatic heterocycles. The van der Waals surface area contributed by atoms with Crippen LogP contribution in [0.2, 0.25) is 0 Å². The van der Waals surface area contributed by atoms with Crippen molar-refractivity contribution in [1.29, 1.82) is 0 Å². The van der Waals surface area contributed by atoms with Gasteiger partial charge in [0, 0.05) is 55.4 Å². The van der Waals surface area contributed by atoms with E-state index >= 15 is 0 Å². The highest BCUT2D eigenvalue weighted by Gasteiger charge is 2.24. The number of aromatic nitrogens is 6. The van der Waals surface area contributed by atoms with E-state index in [1.54, 1.807) is 29.2 Å². The maximum Gasteiger partial charge on any atom is 0.264 e. The number of benzene rings is 2. The number of nitrogens with two attached hydrogens (primary N) is 1. The van der Waals surface area contributed by atoms with Crippen LogP contribution >= 0.6 is 0 Å². The fourth-order valence-electron chi connectivity index (χ4n) is 6.82. The summed E-state index contributed by atoms with van der Waals surface area (Å²) in [6.07, 6.45) is 8.20. The summed E-state index contributed by atoms with van der Waals surface area (Å²) in [7, 11) is 3.99. The third-order valence-corrected chi connectivity index (χ3v) is 9.58. The van der Waals surface area contributed by atoms with E-state index in [0.717, 1.165) is 55.5 Å². The lowest BCUT2D eigenvalue weighted by Gasteiger charge is -2.31. The van der Waals surface area contributed by atoms with Gasteiger partial charge in [-0.25, -0.2) is 9.50 Å². The van der Waals surface area contributed by atoms with Crippen LogP contribution in [0, 0.1) is 11.8 Å². The Balaban J connectivity index is 1.23. The van der Waals surface area contributed by atoms with Crippen LogP contribution in [0.5, 0.6) is 0 Å². The lowest BCUT2D eigenvalue weighted by Crippen LogP contribution is -2.42. The van der Waals surface area contributed by atoms with Gasteiger partial charge >= 0.3 is 0 Å². The molecule has 0 unspecified atom stereocenters. The third-order valence-electron chi connectivity index (χ3n) is 9.58. The second-order valence-electron chi connectivity index (χ2n) is 12.7. The van der Waals surface area contributed by atoms with Crippen molar-refractivity contribution in [3.8, 4) is 17.5 Å². The van der Waals surface area contributed by atoms with Gasteiger partial charge in [-0.05, 0) is 75.6 Å². The van der Waals surface area contributed by atoms with E-state index < -0.39 is 11.9 Å². The molecule has 1 fully saturated rings. The molecule has 12 heteroatoms. The molecule has 1 amide bonds. The van der Waals surface area contributed by atoms with Crippen molar-refractivity contribution < 1.29 is 4.79 Å². The topological polar surface area (TPSA) is 140 Å². The van der Waals surface area contributed by atoms with Crippen LogP contribution in [-0.2, 0) is 13.5 Å². The minimum absolute atomic E-state index is 0.0708. The van der Waals surface area contributed by atoms with Crippen molar-refractivity contribution >= 4 is 28.1 Å². The Labute approximate surface area is 289 Å². The summed E-state index contributed by atoms with van der Waals surface area (Å²) in [6, 6.07) is 18.7. The van der Waals surface area contributed by atoms with E-state index in [1.165, 1.54) is 4.52 Å². The number of nitrogen functional groups attached to an aromatic ring is 1. The van der Waals surface area contributed by atoms with Crippen LogP contribution in [-0.4, -0.2) is 72.5 Å². The first-order chi connectivity index (χ1) is 24.3. The molecule has 4 N–H and O–H groups in total. The maximum absolute atomic E-state index is 14.5. The van der Waals surface area contributed by atoms with Crippen LogP contribution in [0.4, 0.5) is 5.82 Å². The first-order valence-corrected chi connectivity index (χ1v) is 16.9. The molecule has 1 aliphatic rings. The molecule has 1 saturated heterocycles. The largest absolute Gasteiger partial charge is 0.381 e. The number of likely N-dealkylation sites (tertiary alicyclic amines) is 1. The second-order valence-corrected chi connectivity index (χ2v) is 12.7. The van der Waals surface area contributed by atoms with Gasteiger partial charge in [-0.15, -0.1) is 5.10 Å². The number of aryl methyl sites for hydroxylation is 1. The van der Waals surface area contributed by atoms with Crippen molar-refractivity contribution in [3.63, 3.8) is 0 Å². The van der Waals surface area contributed by atoms with E-state index in [0.29, 0.717) is 34.0 Å². The highest BCUT2D eigenvalue weighted by atomic mass is 16.2. The SMILES string of the molecule is CNC1CCN(CCc2c(C#Cc3cccc4cc([C@H](C)NC(=O)c5c(N)nn6cccnc56)n(-c5ccccc5)c(=O)c34)cnn2C)CC1. The first-order valence-electron chi connectivity index (χ1n) is 16.9. The van der Waals surface area contributed by atoms with Gasteiger partial charge in [0.05, 0.1) is 28.9 Å². The van der Waals surface area contributed by atoms with Crippen LogP contribution in [0.25, 0.3) is 22.1 Å².